The van der Waals surface area contributed by atoms with E-state index in [4.69, 9.17) is 4.74 Å². The number of ether oxygens (including phenoxy) is 1. The molecule has 2 heterocycles. The molecule has 178 valence electrons. The van der Waals surface area contributed by atoms with Crippen LogP contribution in [0.2, 0.25) is 0 Å². The number of aliphatic hydroxyl groups excluding tert-OH is 1. The van der Waals surface area contributed by atoms with Crippen LogP contribution in [0.25, 0.3) is 5.69 Å². The van der Waals surface area contributed by atoms with Gasteiger partial charge in [0, 0.05) is 29.5 Å². The van der Waals surface area contributed by atoms with Crippen molar-refractivity contribution in [3.63, 3.8) is 0 Å². The highest BCUT2D eigenvalue weighted by Crippen LogP contribution is 2.43. The Morgan fingerprint density at radius 3 is 2.24 bits per heavy atom. The van der Waals surface area contributed by atoms with E-state index in [1.54, 1.807) is 36.3 Å². The molecule has 1 N–H and O–H groups in total. The van der Waals surface area contributed by atoms with Gasteiger partial charge in [-0.2, -0.15) is 5.10 Å². The van der Waals surface area contributed by atoms with E-state index in [-0.39, 0.29) is 28.6 Å². The highest BCUT2D eigenvalue weighted by molar-refractivity contribution is 7.90. The number of benzene rings is 2. The molecule has 2 aromatic carbocycles. The van der Waals surface area contributed by atoms with Crippen LogP contribution in [0.1, 0.15) is 40.9 Å². The number of hydrogen-bond donors (Lipinski definition) is 1. The summed E-state index contributed by atoms with van der Waals surface area (Å²) in [6.07, 6.45) is 4.52. The highest BCUT2D eigenvalue weighted by atomic mass is 32.2. The van der Waals surface area contributed by atoms with Gasteiger partial charge in [-0.1, -0.05) is 18.6 Å². The predicted octanol–water partition coefficient (Wildman–Crippen LogP) is 2.90. The van der Waals surface area contributed by atoms with Gasteiger partial charge in [0.25, 0.3) is 5.91 Å². The maximum Gasteiger partial charge on any atom is 0.277 e. The summed E-state index contributed by atoms with van der Waals surface area (Å²) in [6, 6.07) is 14.7. The van der Waals surface area contributed by atoms with E-state index in [0.717, 1.165) is 36.8 Å². The van der Waals surface area contributed by atoms with Crippen LogP contribution in [0.15, 0.2) is 53.6 Å². The molecule has 1 fully saturated rings. The first-order chi connectivity index (χ1) is 16.3. The van der Waals surface area contributed by atoms with Crippen LogP contribution in [0.3, 0.4) is 0 Å². The van der Waals surface area contributed by atoms with Crippen LogP contribution in [0.5, 0.6) is 5.75 Å². The minimum atomic E-state index is -3.62. The number of sulfone groups is 1. The van der Waals surface area contributed by atoms with Gasteiger partial charge in [-0.3, -0.25) is 4.79 Å². The molecule has 1 amide bonds. The van der Waals surface area contributed by atoms with Gasteiger partial charge < -0.3 is 14.7 Å². The lowest BCUT2D eigenvalue weighted by molar-refractivity contribution is 0.0973. The monoisotopic (exact) mass is 481 g/mol. The molecule has 1 saturated carbocycles. The average molecular weight is 482 g/mol. The third-order valence-electron chi connectivity index (χ3n) is 7.05. The fourth-order valence-corrected chi connectivity index (χ4v) is 5.80. The summed E-state index contributed by atoms with van der Waals surface area (Å²) in [5, 5.41) is 14.2. The molecule has 1 aromatic heterocycles. The third kappa shape index (κ3) is 3.59. The van der Waals surface area contributed by atoms with Crippen molar-refractivity contribution in [1.29, 1.82) is 0 Å². The molecular formula is C25H27N3O5S. The van der Waals surface area contributed by atoms with E-state index < -0.39 is 9.84 Å². The van der Waals surface area contributed by atoms with E-state index in [0.29, 0.717) is 30.0 Å². The van der Waals surface area contributed by atoms with Gasteiger partial charge in [0.05, 0.1) is 19.4 Å². The molecule has 0 spiro atoms. The molecule has 0 bridgehead atoms. The first kappa shape index (κ1) is 22.6. The molecule has 1 aliphatic carbocycles. The van der Waals surface area contributed by atoms with Crippen molar-refractivity contribution in [3.8, 4) is 11.4 Å². The fourth-order valence-electron chi connectivity index (χ4n) is 4.92. The number of aromatic nitrogens is 2. The normalized spacial score (nSPS) is 17.3. The number of carbonyl (C=O) groups is 1. The maximum absolute atomic E-state index is 13.7. The number of amides is 1. The van der Waals surface area contributed by atoms with Gasteiger partial charge in [0.15, 0.2) is 14.9 Å². The summed E-state index contributed by atoms with van der Waals surface area (Å²) in [7, 11) is -2.06. The van der Waals surface area contributed by atoms with Crippen LogP contribution in [0, 0.1) is 0 Å². The van der Waals surface area contributed by atoms with E-state index >= 15 is 0 Å². The van der Waals surface area contributed by atoms with Crippen LogP contribution in [0.4, 0.5) is 5.69 Å². The minimum Gasteiger partial charge on any atom is -0.497 e. The predicted molar refractivity (Wildman–Crippen MR) is 128 cm³/mol. The zero-order chi connectivity index (χ0) is 24.1. The van der Waals surface area contributed by atoms with Gasteiger partial charge in [0.2, 0.25) is 0 Å². The molecule has 1 aliphatic heterocycles. The van der Waals surface area contributed by atoms with Crippen molar-refractivity contribution in [2.45, 2.75) is 36.1 Å². The number of rotatable bonds is 6. The number of hydrogen-bond acceptors (Lipinski definition) is 6. The molecule has 9 heteroatoms. The van der Waals surface area contributed by atoms with Crippen molar-refractivity contribution in [3.05, 3.63) is 65.4 Å². The molecule has 3 aromatic rings. The summed E-state index contributed by atoms with van der Waals surface area (Å²) in [5.74, 6) is 0.348. The molecule has 5 rings (SSSR count). The molecule has 0 saturated heterocycles. The summed E-state index contributed by atoms with van der Waals surface area (Å²) < 4.78 is 31.6. The number of nitrogens with zero attached hydrogens (tertiary/aromatic N) is 3. The lowest BCUT2D eigenvalue weighted by Crippen LogP contribution is -2.39. The maximum atomic E-state index is 13.7. The molecule has 0 atom stereocenters. The quantitative estimate of drug-likeness (QED) is 0.581. The number of aliphatic hydroxyl groups is 1. The number of anilines is 1. The summed E-state index contributed by atoms with van der Waals surface area (Å²) in [6.45, 7) is 0.473. The molecule has 2 aliphatic rings. The minimum absolute atomic E-state index is 0.0588. The Balaban J connectivity index is 1.55. The van der Waals surface area contributed by atoms with Gasteiger partial charge in [0.1, 0.15) is 11.4 Å². The zero-order valence-electron chi connectivity index (χ0n) is 19.2. The van der Waals surface area contributed by atoms with Crippen LogP contribution in [-0.4, -0.2) is 55.7 Å². The van der Waals surface area contributed by atoms with Crippen molar-refractivity contribution in [2.24, 2.45) is 0 Å². The Kier molecular flexibility index (Phi) is 5.49. The van der Waals surface area contributed by atoms with Gasteiger partial charge in [-0.05, 0) is 61.2 Å². The number of fused-ring (bicyclic) bond motifs is 1. The van der Waals surface area contributed by atoms with Gasteiger partial charge in [-0.15, -0.1) is 0 Å². The first-order valence-corrected chi connectivity index (χ1v) is 13.2. The van der Waals surface area contributed by atoms with E-state index in [1.807, 2.05) is 24.3 Å². The second-order valence-corrected chi connectivity index (χ2v) is 11.0. The average Bonchev–Trinajstić information content (AvgIpc) is 3.21. The lowest BCUT2D eigenvalue weighted by Gasteiger charge is -2.41. The topological polar surface area (TPSA) is 102 Å². The Bertz CT molecular complexity index is 1330. The largest absolute Gasteiger partial charge is 0.497 e. The fraction of sp³-hybridized carbons (Fsp3) is 0.360. The summed E-state index contributed by atoms with van der Waals surface area (Å²) in [5.41, 5.74) is 2.92. The van der Waals surface area contributed by atoms with Crippen LogP contribution in [-0.2, 0) is 21.7 Å². The molecule has 34 heavy (non-hydrogen) atoms. The van der Waals surface area contributed by atoms with Crippen molar-refractivity contribution >= 4 is 21.4 Å². The van der Waals surface area contributed by atoms with E-state index in [1.165, 1.54) is 4.68 Å². The summed E-state index contributed by atoms with van der Waals surface area (Å²) >= 11 is 0. The Morgan fingerprint density at radius 2 is 1.71 bits per heavy atom. The Hall–Kier alpha value is -3.17. The molecule has 0 radical (unpaired) electrons. The Labute approximate surface area is 198 Å². The lowest BCUT2D eigenvalue weighted by atomic mass is 9.65. The standard InChI is InChI=1S/C25H27N3O5S/c1-33-20-10-8-19(9-11-20)28-22-21(23(26-28)34(2,31)32)12-15-27(24(22)30)18-6-4-17(5-7-18)25(16-29)13-3-14-25/h4-11,29H,3,12-16H2,1-2H3. The van der Waals surface area contributed by atoms with E-state index in [2.05, 4.69) is 5.10 Å². The van der Waals surface area contributed by atoms with Crippen molar-refractivity contribution in [2.75, 3.05) is 31.4 Å². The van der Waals surface area contributed by atoms with E-state index in [9.17, 15) is 18.3 Å². The van der Waals surface area contributed by atoms with Crippen LogP contribution >= 0.6 is 0 Å². The molecule has 8 nitrogen and oxygen atoms in total. The third-order valence-corrected chi connectivity index (χ3v) is 8.08. The first-order valence-electron chi connectivity index (χ1n) is 11.3. The van der Waals surface area contributed by atoms with Gasteiger partial charge >= 0.3 is 0 Å². The molecule has 0 unspecified atom stereocenters. The highest BCUT2D eigenvalue weighted by Gasteiger charge is 2.39. The van der Waals surface area contributed by atoms with Crippen LogP contribution < -0.4 is 9.64 Å². The SMILES string of the molecule is COc1ccc(-n2nc(S(C)(=O)=O)c3c2C(=O)N(c2ccc(C4(CO)CCC4)cc2)CC3)cc1. The van der Waals surface area contributed by atoms with Gasteiger partial charge in [-0.25, -0.2) is 13.1 Å². The number of carbonyl (C=O) groups excluding carboxylic acids is 1. The number of methoxy groups -OCH3 is 1. The smallest absolute Gasteiger partial charge is 0.277 e. The van der Waals surface area contributed by atoms with Crippen molar-refractivity contribution in [1.82, 2.24) is 9.78 Å². The van der Waals surface area contributed by atoms with Crippen molar-refractivity contribution < 1.29 is 23.1 Å². The summed E-state index contributed by atoms with van der Waals surface area (Å²) in [4.78, 5) is 15.3. The Morgan fingerprint density at radius 1 is 1.06 bits per heavy atom. The second-order valence-electron chi connectivity index (χ2n) is 9.06. The zero-order valence-corrected chi connectivity index (χ0v) is 20.0. The molecular weight excluding hydrogens is 454 g/mol. The second kappa shape index (κ2) is 8.25.